The van der Waals surface area contributed by atoms with Crippen LogP contribution in [0.2, 0.25) is 0 Å². The van der Waals surface area contributed by atoms with Crippen LogP contribution in [0.25, 0.3) is 5.65 Å². The van der Waals surface area contributed by atoms with Gasteiger partial charge in [0.25, 0.3) is 5.91 Å². The molecular formula is C21H13F5N4O. The zero-order chi connectivity index (χ0) is 22.2. The number of carbonyl (C=O) groups excluding carboxylic acids is 1. The average Bonchev–Trinajstić information content (AvgIpc) is 3.19. The average molecular weight is 432 g/mol. The van der Waals surface area contributed by atoms with Crippen LogP contribution < -0.4 is 5.32 Å². The predicted octanol–water partition coefficient (Wildman–Crippen LogP) is 4.55. The van der Waals surface area contributed by atoms with Gasteiger partial charge < -0.3 is 9.72 Å². The third-order valence-electron chi connectivity index (χ3n) is 4.62. The van der Waals surface area contributed by atoms with Gasteiger partial charge in [-0.05, 0) is 42.0 Å². The van der Waals surface area contributed by atoms with Crippen molar-refractivity contribution in [3.8, 4) is 0 Å². The van der Waals surface area contributed by atoms with Crippen LogP contribution in [0.4, 0.5) is 22.0 Å². The molecule has 0 radical (unpaired) electrons. The first kappa shape index (κ1) is 20.5. The minimum absolute atomic E-state index is 0.0971. The quantitative estimate of drug-likeness (QED) is 0.482. The topological polar surface area (TPSA) is 59.3 Å². The molecule has 1 aromatic carbocycles. The summed E-state index contributed by atoms with van der Waals surface area (Å²) in [7, 11) is 0. The molecule has 0 saturated heterocycles. The van der Waals surface area contributed by atoms with Gasteiger partial charge in [0, 0.05) is 24.8 Å². The molecular weight excluding hydrogens is 419 g/mol. The lowest BCUT2D eigenvalue weighted by molar-refractivity contribution is -0.140. The fourth-order valence-electron chi connectivity index (χ4n) is 3.13. The summed E-state index contributed by atoms with van der Waals surface area (Å²) in [5.41, 5.74) is -1.06. The van der Waals surface area contributed by atoms with Crippen LogP contribution in [-0.2, 0) is 6.18 Å². The highest BCUT2D eigenvalue weighted by atomic mass is 19.4. The number of halogens is 5. The maximum atomic E-state index is 14.4. The van der Waals surface area contributed by atoms with Gasteiger partial charge in [-0.3, -0.25) is 9.78 Å². The molecule has 0 saturated carbocycles. The van der Waals surface area contributed by atoms with Crippen LogP contribution in [0, 0.1) is 11.6 Å². The number of rotatable bonds is 4. The molecule has 10 heteroatoms. The Kier molecular flexibility index (Phi) is 5.14. The highest BCUT2D eigenvalue weighted by Gasteiger charge is 2.35. The molecule has 0 aliphatic heterocycles. The van der Waals surface area contributed by atoms with Crippen LogP contribution in [0.1, 0.15) is 33.2 Å². The van der Waals surface area contributed by atoms with Crippen molar-refractivity contribution in [2.24, 2.45) is 0 Å². The van der Waals surface area contributed by atoms with Crippen molar-refractivity contribution >= 4 is 11.6 Å². The molecule has 1 amide bonds. The van der Waals surface area contributed by atoms with Gasteiger partial charge in [0.15, 0.2) is 0 Å². The summed E-state index contributed by atoms with van der Waals surface area (Å²) >= 11 is 0. The van der Waals surface area contributed by atoms with Crippen molar-refractivity contribution in [1.82, 2.24) is 19.7 Å². The van der Waals surface area contributed by atoms with E-state index >= 15 is 0 Å². The van der Waals surface area contributed by atoms with E-state index in [9.17, 15) is 26.7 Å². The van der Waals surface area contributed by atoms with Crippen molar-refractivity contribution in [3.05, 3.63) is 101 Å². The van der Waals surface area contributed by atoms with Crippen molar-refractivity contribution in [3.63, 3.8) is 0 Å². The number of nitrogens with zero attached hydrogens (tertiary/aromatic N) is 3. The fourth-order valence-corrected chi connectivity index (χ4v) is 3.13. The fraction of sp³-hybridized carbons (Fsp3) is 0.0952. The van der Waals surface area contributed by atoms with E-state index < -0.39 is 35.3 Å². The minimum Gasteiger partial charge on any atom is -0.339 e. The Balaban J connectivity index is 1.74. The van der Waals surface area contributed by atoms with Crippen molar-refractivity contribution in [2.75, 3.05) is 0 Å². The third-order valence-corrected chi connectivity index (χ3v) is 4.62. The summed E-state index contributed by atoms with van der Waals surface area (Å²) in [6.07, 6.45) is 1.01. The van der Waals surface area contributed by atoms with Crippen LogP contribution in [-0.4, -0.2) is 20.3 Å². The van der Waals surface area contributed by atoms with E-state index in [0.717, 1.165) is 12.1 Å². The Hall–Kier alpha value is -3.82. The van der Waals surface area contributed by atoms with Gasteiger partial charge in [-0.1, -0.05) is 6.07 Å². The van der Waals surface area contributed by atoms with Crippen molar-refractivity contribution in [1.29, 1.82) is 0 Å². The molecule has 4 aromatic rings. The number of carbonyl (C=O) groups is 1. The van der Waals surface area contributed by atoms with E-state index in [1.807, 2.05) is 0 Å². The molecule has 3 heterocycles. The van der Waals surface area contributed by atoms with E-state index in [1.54, 1.807) is 16.7 Å². The van der Waals surface area contributed by atoms with Crippen molar-refractivity contribution in [2.45, 2.75) is 12.2 Å². The number of fused-ring (bicyclic) bond motifs is 1. The molecule has 31 heavy (non-hydrogen) atoms. The van der Waals surface area contributed by atoms with Gasteiger partial charge in [0.05, 0.1) is 17.2 Å². The van der Waals surface area contributed by atoms with Gasteiger partial charge in [0.2, 0.25) is 0 Å². The standard InChI is InChI=1S/C21H13F5N4O/c22-15-2-1-7-28-19(15)18(12-3-5-14(16(23)10-12)21(24,25)26)29-20(31)13-4-6-17-27-8-9-30(17)11-13/h1-11,18H,(H,29,31)/t18-/m0/s1. The second kappa shape index (κ2) is 7.78. The first-order valence-corrected chi connectivity index (χ1v) is 8.94. The number of hydrogen-bond donors (Lipinski definition) is 1. The summed E-state index contributed by atoms with van der Waals surface area (Å²) in [4.78, 5) is 20.8. The molecule has 1 N–H and O–H groups in total. The van der Waals surface area contributed by atoms with Gasteiger partial charge in [-0.25, -0.2) is 13.8 Å². The van der Waals surface area contributed by atoms with Gasteiger partial charge in [0.1, 0.15) is 23.0 Å². The van der Waals surface area contributed by atoms with Crippen molar-refractivity contribution < 1.29 is 26.7 Å². The minimum atomic E-state index is -4.89. The molecule has 0 fully saturated rings. The molecule has 4 rings (SSSR count). The molecule has 0 aliphatic rings. The Labute approximate surface area is 172 Å². The second-order valence-corrected chi connectivity index (χ2v) is 6.62. The molecule has 5 nitrogen and oxygen atoms in total. The monoisotopic (exact) mass is 432 g/mol. The number of alkyl halides is 3. The number of aromatic nitrogens is 3. The van der Waals surface area contributed by atoms with Gasteiger partial charge in [-0.15, -0.1) is 0 Å². The molecule has 0 bridgehead atoms. The largest absolute Gasteiger partial charge is 0.419 e. The van der Waals surface area contributed by atoms with E-state index in [-0.39, 0.29) is 16.8 Å². The van der Waals surface area contributed by atoms with Crippen LogP contribution in [0.5, 0.6) is 0 Å². The first-order valence-electron chi connectivity index (χ1n) is 8.94. The predicted molar refractivity (Wildman–Crippen MR) is 100 cm³/mol. The summed E-state index contributed by atoms with van der Waals surface area (Å²) in [5, 5.41) is 2.53. The lowest BCUT2D eigenvalue weighted by Gasteiger charge is -2.20. The maximum absolute atomic E-state index is 14.4. The van der Waals surface area contributed by atoms with E-state index in [4.69, 9.17) is 0 Å². The van der Waals surface area contributed by atoms with Gasteiger partial charge in [-0.2, -0.15) is 13.2 Å². The number of benzene rings is 1. The molecule has 1 atom stereocenters. The smallest absolute Gasteiger partial charge is 0.339 e. The normalized spacial score (nSPS) is 12.7. The zero-order valence-corrected chi connectivity index (χ0v) is 15.6. The SMILES string of the molecule is O=C(N[C@@H](c1ccc(C(F)(F)F)c(F)c1)c1ncccc1F)c1ccc2nccn2c1. The van der Waals surface area contributed by atoms with E-state index in [2.05, 4.69) is 15.3 Å². The summed E-state index contributed by atoms with van der Waals surface area (Å²) in [6.45, 7) is 0. The molecule has 158 valence electrons. The number of amides is 1. The third kappa shape index (κ3) is 4.09. The number of hydrogen-bond acceptors (Lipinski definition) is 3. The Bertz CT molecular complexity index is 1270. The Morgan fingerprint density at radius 2 is 1.81 bits per heavy atom. The Morgan fingerprint density at radius 3 is 2.52 bits per heavy atom. The molecule has 0 aliphatic carbocycles. The Morgan fingerprint density at radius 1 is 1.00 bits per heavy atom. The van der Waals surface area contributed by atoms with Gasteiger partial charge >= 0.3 is 6.18 Å². The van der Waals surface area contributed by atoms with E-state index in [1.165, 1.54) is 30.7 Å². The lowest BCUT2D eigenvalue weighted by Crippen LogP contribution is -2.31. The second-order valence-electron chi connectivity index (χ2n) is 6.62. The number of imidazole rings is 1. The maximum Gasteiger partial charge on any atom is 0.419 e. The summed E-state index contributed by atoms with van der Waals surface area (Å²) in [5.74, 6) is -3.01. The molecule has 0 unspecified atom stereocenters. The summed E-state index contributed by atoms with van der Waals surface area (Å²) in [6, 6.07) is 6.27. The highest BCUT2D eigenvalue weighted by Crippen LogP contribution is 2.33. The van der Waals surface area contributed by atoms with Crippen LogP contribution in [0.3, 0.4) is 0 Å². The molecule has 3 aromatic heterocycles. The zero-order valence-electron chi connectivity index (χ0n) is 15.6. The summed E-state index contributed by atoms with van der Waals surface area (Å²) < 4.78 is 68.9. The number of nitrogens with one attached hydrogen (secondary N) is 1. The van der Waals surface area contributed by atoms with Crippen LogP contribution in [0.15, 0.2) is 67.3 Å². The van der Waals surface area contributed by atoms with E-state index in [0.29, 0.717) is 17.8 Å². The van der Waals surface area contributed by atoms with Crippen LogP contribution >= 0.6 is 0 Å². The lowest BCUT2D eigenvalue weighted by atomic mass is 10.00. The first-order chi connectivity index (χ1) is 14.7. The highest BCUT2D eigenvalue weighted by molar-refractivity contribution is 5.94. The number of pyridine rings is 2. The molecule has 0 spiro atoms.